The van der Waals surface area contributed by atoms with Gasteiger partial charge in [0.25, 0.3) is 0 Å². The third-order valence-corrected chi connectivity index (χ3v) is 4.87. The Bertz CT molecular complexity index is 852. The smallest absolute Gasteiger partial charge is 0.242 e. The molecule has 1 N–H and O–H groups in total. The molecule has 6 heteroatoms. The van der Waals surface area contributed by atoms with Gasteiger partial charge in [-0.3, -0.25) is 9.59 Å². The minimum absolute atomic E-state index is 0.0151. The molecule has 1 aromatic carbocycles. The summed E-state index contributed by atoms with van der Waals surface area (Å²) in [5.41, 5.74) is 1.41. The summed E-state index contributed by atoms with van der Waals surface area (Å²) < 4.78 is 2.01. The summed E-state index contributed by atoms with van der Waals surface area (Å²) >= 11 is 0. The number of nitrogens with one attached hydrogen (secondary N) is 1. The van der Waals surface area contributed by atoms with Crippen LogP contribution in [0.3, 0.4) is 0 Å². The highest BCUT2D eigenvalue weighted by atomic mass is 16.2. The predicted molar refractivity (Wildman–Crippen MR) is 122 cm³/mol. The van der Waals surface area contributed by atoms with Gasteiger partial charge >= 0.3 is 0 Å². The molecule has 0 bridgehead atoms. The number of benzene rings is 1. The number of imidazole rings is 1. The van der Waals surface area contributed by atoms with Crippen molar-refractivity contribution in [3.05, 3.63) is 30.1 Å². The van der Waals surface area contributed by atoms with E-state index in [9.17, 15) is 9.59 Å². The van der Waals surface area contributed by atoms with Crippen LogP contribution in [0.5, 0.6) is 0 Å². The molecular weight excluding hydrogens is 376 g/mol. The van der Waals surface area contributed by atoms with Crippen molar-refractivity contribution < 1.29 is 9.59 Å². The van der Waals surface area contributed by atoms with Crippen molar-refractivity contribution in [3.63, 3.8) is 0 Å². The fourth-order valence-corrected chi connectivity index (χ4v) is 3.44. The van der Waals surface area contributed by atoms with Crippen LogP contribution in [-0.2, 0) is 22.6 Å². The van der Waals surface area contributed by atoms with Gasteiger partial charge in [0.2, 0.25) is 11.8 Å². The molecule has 0 radical (unpaired) electrons. The monoisotopic (exact) mass is 414 g/mol. The molecule has 0 aliphatic carbocycles. The molecule has 2 aromatic rings. The Morgan fingerprint density at radius 2 is 1.67 bits per heavy atom. The van der Waals surface area contributed by atoms with Crippen LogP contribution in [0.1, 0.15) is 54.3 Å². The maximum absolute atomic E-state index is 13.2. The molecule has 0 spiro atoms. The fourth-order valence-electron chi connectivity index (χ4n) is 3.44. The van der Waals surface area contributed by atoms with Crippen LogP contribution in [0.25, 0.3) is 11.0 Å². The number of fused-ring (bicyclic) bond motifs is 1. The Kier molecular flexibility index (Phi) is 8.04. The zero-order chi connectivity index (χ0) is 22.5. The van der Waals surface area contributed by atoms with E-state index >= 15 is 0 Å². The summed E-state index contributed by atoms with van der Waals surface area (Å²) in [6.45, 7) is 16.5. The summed E-state index contributed by atoms with van der Waals surface area (Å²) in [7, 11) is 0. The van der Waals surface area contributed by atoms with Crippen molar-refractivity contribution in [3.8, 4) is 0 Å². The molecule has 0 atom stereocenters. The zero-order valence-corrected chi connectivity index (χ0v) is 19.7. The van der Waals surface area contributed by atoms with Gasteiger partial charge in [0.1, 0.15) is 12.4 Å². The first-order chi connectivity index (χ1) is 14.0. The first kappa shape index (κ1) is 23.9. The molecule has 1 aromatic heterocycles. The van der Waals surface area contributed by atoms with Crippen LogP contribution in [0.15, 0.2) is 24.3 Å². The minimum Gasteiger partial charge on any atom is -0.355 e. The summed E-state index contributed by atoms with van der Waals surface area (Å²) in [5.74, 6) is 1.79. The molecule has 30 heavy (non-hydrogen) atoms. The molecule has 0 fully saturated rings. The lowest BCUT2D eigenvalue weighted by molar-refractivity contribution is -0.133. The van der Waals surface area contributed by atoms with E-state index in [2.05, 4.69) is 33.0 Å². The number of nitrogens with zero attached hydrogens (tertiary/aromatic N) is 3. The highest BCUT2D eigenvalue weighted by Gasteiger charge is 2.22. The lowest BCUT2D eigenvalue weighted by Gasteiger charge is -2.27. The van der Waals surface area contributed by atoms with Gasteiger partial charge in [-0.15, -0.1) is 0 Å². The van der Waals surface area contributed by atoms with Crippen LogP contribution in [0, 0.1) is 17.3 Å². The van der Waals surface area contributed by atoms with Crippen molar-refractivity contribution in [1.29, 1.82) is 0 Å². The van der Waals surface area contributed by atoms with E-state index in [1.165, 1.54) is 0 Å². The van der Waals surface area contributed by atoms with Crippen molar-refractivity contribution in [2.75, 3.05) is 19.6 Å². The van der Waals surface area contributed by atoms with E-state index in [0.29, 0.717) is 24.8 Å². The second-order valence-corrected chi connectivity index (χ2v) is 9.95. The Morgan fingerprint density at radius 3 is 2.23 bits per heavy atom. The van der Waals surface area contributed by atoms with Gasteiger partial charge in [0.05, 0.1) is 11.0 Å². The highest BCUT2D eigenvalue weighted by molar-refractivity contribution is 5.82. The molecule has 0 aliphatic heterocycles. The lowest BCUT2D eigenvalue weighted by Crippen LogP contribution is -2.39. The Hall–Kier alpha value is -2.37. The third-order valence-electron chi connectivity index (χ3n) is 4.87. The summed E-state index contributed by atoms with van der Waals surface area (Å²) in [4.78, 5) is 32.1. The van der Waals surface area contributed by atoms with E-state index in [0.717, 1.165) is 29.9 Å². The van der Waals surface area contributed by atoms with E-state index in [-0.39, 0.29) is 18.4 Å². The summed E-state index contributed by atoms with van der Waals surface area (Å²) in [6, 6.07) is 7.89. The van der Waals surface area contributed by atoms with Gasteiger partial charge in [-0.25, -0.2) is 4.98 Å². The molecule has 0 saturated heterocycles. The normalized spacial score (nSPS) is 12.0. The Balaban J connectivity index is 2.22. The largest absolute Gasteiger partial charge is 0.355 e. The van der Waals surface area contributed by atoms with Crippen molar-refractivity contribution in [2.24, 2.45) is 17.3 Å². The van der Waals surface area contributed by atoms with Gasteiger partial charge in [-0.05, 0) is 24.0 Å². The van der Waals surface area contributed by atoms with E-state index in [4.69, 9.17) is 4.98 Å². The quantitative estimate of drug-likeness (QED) is 0.677. The lowest BCUT2D eigenvalue weighted by atomic mass is 9.96. The van der Waals surface area contributed by atoms with Gasteiger partial charge < -0.3 is 14.8 Å². The summed E-state index contributed by atoms with van der Waals surface area (Å²) in [6.07, 6.45) is 0.581. The van der Waals surface area contributed by atoms with Gasteiger partial charge in [0.15, 0.2) is 0 Å². The number of hydrogen-bond donors (Lipinski definition) is 1. The average molecular weight is 415 g/mol. The van der Waals surface area contributed by atoms with Crippen molar-refractivity contribution >= 4 is 22.8 Å². The van der Waals surface area contributed by atoms with Gasteiger partial charge in [-0.2, -0.15) is 0 Å². The zero-order valence-electron chi connectivity index (χ0n) is 19.7. The number of carbonyl (C=O) groups excluding carboxylic acids is 2. The molecular formula is C24H38N4O2. The molecule has 1 heterocycles. The van der Waals surface area contributed by atoms with E-state index in [1.54, 1.807) is 0 Å². The standard InChI is InChI=1S/C24H38N4O2/c1-17(2)14-27(15-18(3)4)22(29)16-28-20-11-9-8-10-19(20)26-21(28)12-13-25-23(30)24(5,6)7/h8-11,17-18H,12-16H2,1-7H3,(H,25,30). The second kappa shape index (κ2) is 10.1. The molecule has 166 valence electrons. The van der Waals surface area contributed by atoms with Crippen LogP contribution < -0.4 is 5.32 Å². The molecule has 0 unspecified atom stereocenters. The number of amides is 2. The number of carbonyl (C=O) groups is 2. The number of rotatable bonds is 9. The number of para-hydroxylation sites is 2. The van der Waals surface area contributed by atoms with E-state index < -0.39 is 5.41 Å². The second-order valence-electron chi connectivity index (χ2n) is 9.95. The van der Waals surface area contributed by atoms with Gasteiger partial charge in [0, 0.05) is 31.5 Å². The topological polar surface area (TPSA) is 67.2 Å². The fraction of sp³-hybridized carbons (Fsp3) is 0.625. The first-order valence-corrected chi connectivity index (χ1v) is 11.0. The maximum Gasteiger partial charge on any atom is 0.242 e. The van der Waals surface area contributed by atoms with Gasteiger partial charge in [-0.1, -0.05) is 60.6 Å². The van der Waals surface area contributed by atoms with E-state index in [1.807, 2.05) is 54.5 Å². The van der Waals surface area contributed by atoms with Crippen LogP contribution in [0.2, 0.25) is 0 Å². The van der Waals surface area contributed by atoms with Crippen LogP contribution >= 0.6 is 0 Å². The third kappa shape index (κ3) is 6.57. The van der Waals surface area contributed by atoms with Crippen LogP contribution in [-0.4, -0.2) is 45.9 Å². The average Bonchev–Trinajstić information content (AvgIpc) is 2.97. The Morgan fingerprint density at radius 1 is 1.07 bits per heavy atom. The van der Waals surface area contributed by atoms with Crippen molar-refractivity contribution in [2.45, 2.75) is 61.4 Å². The highest BCUT2D eigenvalue weighted by Crippen LogP contribution is 2.18. The number of hydrogen-bond acceptors (Lipinski definition) is 3. The number of aromatic nitrogens is 2. The SMILES string of the molecule is CC(C)CN(CC(C)C)C(=O)Cn1c(CCNC(=O)C(C)(C)C)nc2ccccc21. The van der Waals surface area contributed by atoms with Crippen molar-refractivity contribution in [1.82, 2.24) is 19.8 Å². The molecule has 6 nitrogen and oxygen atoms in total. The first-order valence-electron chi connectivity index (χ1n) is 11.0. The maximum atomic E-state index is 13.2. The summed E-state index contributed by atoms with van der Waals surface area (Å²) in [5, 5.41) is 2.98. The molecule has 0 saturated carbocycles. The Labute approximate surface area is 181 Å². The molecule has 2 amide bonds. The predicted octanol–water partition coefficient (Wildman–Crippen LogP) is 3.88. The molecule has 0 aliphatic rings. The van der Waals surface area contributed by atoms with Crippen LogP contribution in [0.4, 0.5) is 0 Å². The molecule has 2 rings (SSSR count). The minimum atomic E-state index is -0.426.